The summed E-state index contributed by atoms with van der Waals surface area (Å²) in [4.78, 5) is 12.9. The molecule has 1 aliphatic heterocycles. The van der Waals surface area contributed by atoms with Crippen molar-refractivity contribution in [2.24, 2.45) is 0 Å². The van der Waals surface area contributed by atoms with Crippen LogP contribution in [0.5, 0.6) is 0 Å². The van der Waals surface area contributed by atoms with Crippen molar-refractivity contribution < 1.29 is 4.79 Å². The summed E-state index contributed by atoms with van der Waals surface area (Å²) >= 11 is 1.85. The molecule has 0 bridgehead atoms. The van der Waals surface area contributed by atoms with Crippen LogP contribution in [0.1, 0.15) is 19.8 Å². The van der Waals surface area contributed by atoms with Gasteiger partial charge in [0.15, 0.2) is 0 Å². The Hall–Kier alpha value is -0.180. The molecule has 1 amide bonds. The van der Waals surface area contributed by atoms with Crippen LogP contribution in [0.25, 0.3) is 0 Å². The largest absolute Gasteiger partial charge is 0.337 e. The molecule has 0 N–H and O–H groups in total. The van der Waals surface area contributed by atoms with Crippen molar-refractivity contribution in [1.82, 2.24) is 4.90 Å². The van der Waals surface area contributed by atoms with Gasteiger partial charge < -0.3 is 4.90 Å². The zero-order valence-electron chi connectivity index (χ0n) is 6.88. The van der Waals surface area contributed by atoms with Crippen molar-refractivity contribution in [3.05, 3.63) is 6.54 Å². The van der Waals surface area contributed by atoms with E-state index in [1.54, 1.807) is 0 Å². The number of nitrogens with zero attached hydrogens (tertiary/aromatic N) is 1. The maximum absolute atomic E-state index is 11.1. The van der Waals surface area contributed by atoms with E-state index in [0.29, 0.717) is 5.91 Å². The fraction of sp³-hybridized carbons (Fsp3) is 0.750. The zero-order chi connectivity index (χ0) is 8.10. The van der Waals surface area contributed by atoms with Gasteiger partial charge in [-0.25, -0.2) is 0 Å². The predicted molar refractivity (Wildman–Crippen MR) is 48.2 cm³/mol. The summed E-state index contributed by atoms with van der Waals surface area (Å²) in [5.41, 5.74) is 0. The fourth-order valence-corrected chi connectivity index (χ4v) is 1.64. The number of thioether (sulfide) groups is 1. The van der Waals surface area contributed by atoms with Crippen molar-refractivity contribution in [3.63, 3.8) is 0 Å². The first kappa shape index (κ1) is 8.91. The van der Waals surface area contributed by atoms with E-state index in [1.807, 2.05) is 23.2 Å². The molecular formula is C8H14NOS. The first-order chi connectivity index (χ1) is 5.34. The Morgan fingerprint density at radius 1 is 1.73 bits per heavy atom. The maximum Gasteiger partial charge on any atom is 0.222 e. The Kier molecular flexibility index (Phi) is 3.77. The van der Waals surface area contributed by atoms with Crippen LogP contribution >= 0.6 is 11.8 Å². The molecule has 1 heterocycles. The topological polar surface area (TPSA) is 20.3 Å². The van der Waals surface area contributed by atoms with Gasteiger partial charge in [0.1, 0.15) is 0 Å². The van der Waals surface area contributed by atoms with Gasteiger partial charge in [-0.3, -0.25) is 4.79 Å². The van der Waals surface area contributed by atoms with Crippen molar-refractivity contribution >= 4 is 17.7 Å². The van der Waals surface area contributed by atoms with E-state index in [0.717, 1.165) is 30.9 Å². The van der Waals surface area contributed by atoms with Crippen LogP contribution in [0.2, 0.25) is 0 Å². The third-order valence-electron chi connectivity index (χ3n) is 1.73. The van der Waals surface area contributed by atoms with Crippen LogP contribution in [-0.2, 0) is 4.79 Å². The maximum atomic E-state index is 11.1. The molecule has 1 radical (unpaired) electrons. The second-order valence-corrected chi connectivity index (χ2v) is 3.85. The minimum atomic E-state index is 0.293. The standard InChI is InChI=1S/C8H14NOS/c1-2-11-7-6-9-5-3-4-8(9)10/h6H,2-5,7H2,1H3. The second-order valence-electron chi connectivity index (χ2n) is 2.53. The SMILES string of the molecule is CCSC[CH]N1CCCC1=O. The molecule has 1 fully saturated rings. The van der Waals surface area contributed by atoms with Crippen LogP contribution in [0.15, 0.2) is 0 Å². The molecule has 11 heavy (non-hydrogen) atoms. The van der Waals surface area contributed by atoms with E-state index < -0.39 is 0 Å². The van der Waals surface area contributed by atoms with E-state index in [-0.39, 0.29) is 0 Å². The Morgan fingerprint density at radius 2 is 2.55 bits per heavy atom. The average Bonchev–Trinajstić information content (AvgIpc) is 2.37. The third kappa shape index (κ3) is 2.73. The molecule has 0 aliphatic carbocycles. The summed E-state index contributed by atoms with van der Waals surface area (Å²) in [5.74, 6) is 2.39. The van der Waals surface area contributed by atoms with Gasteiger partial charge in [-0.15, -0.1) is 0 Å². The van der Waals surface area contributed by atoms with E-state index >= 15 is 0 Å². The van der Waals surface area contributed by atoms with Crippen LogP contribution in [0.3, 0.4) is 0 Å². The second kappa shape index (κ2) is 4.65. The zero-order valence-corrected chi connectivity index (χ0v) is 7.69. The number of rotatable bonds is 4. The molecule has 1 rings (SSSR count). The van der Waals surface area contributed by atoms with Gasteiger partial charge in [-0.1, -0.05) is 6.92 Å². The highest BCUT2D eigenvalue weighted by Gasteiger charge is 2.19. The number of carbonyl (C=O) groups is 1. The summed E-state index contributed by atoms with van der Waals surface area (Å²) in [7, 11) is 0. The van der Waals surface area contributed by atoms with Crippen molar-refractivity contribution in [3.8, 4) is 0 Å². The lowest BCUT2D eigenvalue weighted by molar-refractivity contribution is -0.126. The normalized spacial score (nSPS) is 17.9. The number of hydrogen-bond acceptors (Lipinski definition) is 2. The molecule has 2 nitrogen and oxygen atoms in total. The quantitative estimate of drug-likeness (QED) is 0.599. The molecule has 0 spiro atoms. The van der Waals surface area contributed by atoms with E-state index in [4.69, 9.17) is 0 Å². The molecule has 0 aromatic carbocycles. The Labute approximate surface area is 72.3 Å². The Morgan fingerprint density at radius 3 is 3.09 bits per heavy atom. The number of hydrogen-bond donors (Lipinski definition) is 0. The summed E-state index contributed by atoms with van der Waals surface area (Å²) < 4.78 is 0. The van der Waals surface area contributed by atoms with Gasteiger partial charge in [-0.05, 0) is 12.2 Å². The first-order valence-corrected chi connectivity index (χ1v) is 5.20. The van der Waals surface area contributed by atoms with Gasteiger partial charge in [0.05, 0.1) is 6.54 Å². The van der Waals surface area contributed by atoms with E-state index in [9.17, 15) is 4.79 Å². The molecule has 0 atom stereocenters. The van der Waals surface area contributed by atoms with Crippen molar-refractivity contribution in [1.29, 1.82) is 0 Å². The molecule has 0 aromatic heterocycles. The summed E-state index contributed by atoms with van der Waals surface area (Å²) in [6, 6.07) is 0. The lowest BCUT2D eigenvalue weighted by Crippen LogP contribution is -2.22. The Bertz CT molecular complexity index is 138. The number of carbonyl (C=O) groups excluding carboxylic acids is 1. The molecule has 0 unspecified atom stereocenters. The average molecular weight is 172 g/mol. The lowest BCUT2D eigenvalue weighted by atomic mass is 10.4. The molecule has 0 saturated carbocycles. The highest BCUT2D eigenvalue weighted by molar-refractivity contribution is 7.99. The molecule has 63 valence electrons. The fourth-order valence-electron chi connectivity index (χ4n) is 1.12. The van der Waals surface area contributed by atoms with Gasteiger partial charge in [-0.2, -0.15) is 11.8 Å². The van der Waals surface area contributed by atoms with Crippen LogP contribution in [0, 0.1) is 6.54 Å². The Balaban J connectivity index is 2.10. The smallest absolute Gasteiger partial charge is 0.222 e. The molecule has 0 aromatic rings. The highest BCUT2D eigenvalue weighted by atomic mass is 32.2. The van der Waals surface area contributed by atoms with Crippen LogP contribution in [-0.4, -0.2) is 28.9 Å². The molecule has 1 aliphatic rings. The highest BCUT2D eigenvalue weighted by Crippen LogP contribution is 2.13. The minimum Gasteiger partial charge on any atom is -0.337 e. The van der Waals surface area contributed by atoms with E-state index in [1.165, 1.54) is 0 Å². The molecular weight excluding hydrogens is 158 g/mol. The number of amides is 1. The first-order valence-electron chi connectivity index (χ1n) is 4.05. The van der Waals surface area contributed by atoms with Gasteiger partial charge >= 0.3 is 0 Å². The molecule has 1 saturated heterocycles. The summed E-state index contributed by atoms with van der Waals surface area (Å²) in [6.45, 7) is 5.08. The van der Waals surface area contributed by atoms with Gasteiger partial charge in [0.2, 0.25) is 5.91 Å². The minimum absolute atomic E-state index is 0.293. The summed E-state index contributed by atoms with van der Waals surface area (Å²) in [6.07, 6.45) is 1.78. The molecule has 3 heteroatoms. The monoisotopic (exact) mass is 172 g/mol. The van der Waals surface area contributed by atoms with Gasteiger partial charge in [0.25, 0.3) is 0 Å². The number of likely N-dealkylation sites (tertiary alicyclic amines) is 1. The van der Waals surface area contributed by atoms with Crippen molar-refractivity contribution in [2.75, 3.05) is 18.1 Å². The lowest BCUT2D eigenvalue weighted by Gasteiger charge is -2.13. The predicted octanol–water partition coefficient (Wildman–Crippen LogP) is 1.52. The third-order valence-corrected chi connectivity index (χ3v) is 2.52. The van der Waals surface area contributed by atoms with E-state index in [2.05, 4.69) is 6.92 Å². The van der Waals surface area contributed by atoms with Crippen molar-refractivity contribution in [2.45, 2.75) is 19.8 Å². The van der Waals surface area contributed by atoms with Gasteiger partial charge in [0, 0.05) is 18.7 Å². The van der Waals surface area contributed by atoms with Crippen LogP contribution < -0.4 is 0 Å². The van der Waals surface area contributed by atoms with Crippen LogP contribution in [0.4, 0.5) is 0 Å². The summed E-state index contributed by atoms with van der Waals surface area (Å²) in [5, 5.41) is 0.